The standard InChI is InChI=1S/C22H34N.H2O/c1-4-5-6-7-8-9-10-13-19-23(2,3)22-18-14-16-20-15-11-12-17-21(20)22;/h11-12,14-18H,4-10,13,19H2,1-3H3;1H2/q+1;/p-1. The van der Waals surface area contributed by atoms with Gasteiger partial charge in [-0.2, -0.15) is 0 Å². The van der Waals surface area contributed by atoms with Crippen molar-refractivity contribution in [1.82, 2.24) is 4.48 Å². The summed E-state index contributed by atoms with van der Waals surface area (Å²) in [6, 6.07) is 15.5. The maximum absolute atomic E-state index is 2.35. The highest BCUT2D eigenvalue weighted by atomic mass is 16.0. The van der Waals surface area contributed by atoms with Gasteiger partial charge in [-0.25, -0.2) is 0 Å². The van der Waals surface area contributed by atoms with Gasteiger partial charge >= 0.3 is 0 Å². The molecule has 2 aromatic rings. The fourth-order valence-electron chi connectivity index (χ4n) is 3.50. The van der Waals surface area contributed by atoms with Gasteiger partial charge in [-0.05, 0) is 30.4 Å². The molecule has 0 atom stereocenters. The molecule has 134 valence electrons. The smallest absolute Gasteiger partial charge is 0.140 e. The minimum absolute atomic E-state index is 0. The third-order valence-corrected chi connectivity index (χ3v) is 4.99. The topological polar surface area (TPSA) is 30.0 Å². The Balaban J connectivity index is 0.00000288. The third-order valence-electron chi connectivity index (χ3n) is 4.99. The van der Waals surface area contributed by atoms with Gasteiger partial charge in [-0.1, -0.05) is 75.8 Å². The van der Waals surface area contributed by atoms with Crippen LogP contribution in [-0.2, 0) is 0 Å². The number of nitrogens with zero attached hydrogens (tertiary/aromatic N) is 1. The fraction of sp³-hybridized carbons (Fsp3) is 0.545. The van der Waals surface area contributed by atoms with Gasteiger partial charge in [0.2, 0.25) is 0 Å². The van der Waals surface area contributed by atoms with E-state index in [1.54, 1.807) is 0 Å². The second-order valence-corrected chi connectivity index (χ2v) is 7.38. The molecule has 2 aromatic carbocycles. The molecule has 0 aliphatic rings. The lowest BCUT2D eigenvalue weighted by atomic mass is 10.1. The molecule has 0 heterocycles. The van der Waals surface area contributed by atoms with Crippen LogP contribution in [0.25, 0.3) is 10.8 Å². The van der Waals surface area contributed by atoms with E-state index < -0.39 is 0 Å². The van der Waals surface area contributed by atoms with Crippen LogP contribution in [-0.4, -0.2) is 26.1 Å². The number of rotatable bonds is 10. The third kappa shape index (κ3) is 5.92. The van der Waals surface area contributed by atoms with Crippen molar-refractivity contribution >= 4 is 16.5 Å². The quantitative estimate of drug-likeness (QED) is 0.368. The van der Waals surface area contributed by atoms with Crippen LogP contribution in [0.15, 0.2) is 42.5 Å². The lowest BCUT2D eigenvalue weighted by molar-refractivity contribution is 0.383. The predicted octanol–water partition coefficient (Wildman–Crippen LogP) is 6.37. The number of hydrogen-bond acceptors (Lipinski definition) is 1. The van der Waals surface area contributed by atoms with Gasteiger partial charge in [-0.3, -0.25) is 4.48 Å². The summed E-state index contributed by atoms with van der Waals surface area (Å²) in [7, 11) is 4.70. The second-order valence-electron chi connectivity index (χ2n) is 7.38. The molecule has 2 heteroatoms. The van der Waals surface area contributed by atoms with Crippen molar-refractivity contribution in [3.8, 4) is 0 Å². The number of quaternary nitrogens is 1. The zero-order valence-corrected chi connectivity index (χ0v) is 15.8. The van der Waals surface area contributed by atoms with Gasteiger partial charge in [-0.15, -0.1) is 0 Å². The van der Waals surface area contributed by atoms with Crippen molar-refractivity contribution in [2.45, 2.75) is 58.3 Å². The summed E-state index contributed by atoms with van der Waals surface area (Å²) in [6.07, 6.45) is 11.1. The minimum atomic E-state index is 0. The molecule has 1 N–H and O–H groups in total. The van der Waals surface area contributed by atoms with E-state index in [-0.39, 0.29) is 5.48 Å². The van der Waals surface area contributed by atoms with Gasteiger partial charge in [0.25, 0.3) is 0 Å². The summed E-state index contributed by atoms with van der Waals surface area (Å²) in [5.41, 5.74) is 1.45. The van der Waals surface area contributed by atoms with Crippen molar-refractivity contribution < 1.29 is 5.48 Å². The van der Waals surface area contributed by atoms with Crippen molar-refractivity contribution in [3.63, 3.8) is 0 Å². The molecule has 0 saturated carbocycles. The van der Waals surface area contributed by atoms with Crippen molar-refractivity contribution in [3.05, 3.63) is 42.5 Å². The predicted molar refractivity (Wildman–Crippen MR) is 107 cm³/mol. The molecule has 2 nitrogen and oxygen atoms in total. The largest absolute Gasteiger partial charge is 0.870 e. The van der Waals surface area contributed by atoms with E-state index in [1.807, 2.05) is 0 Å². The highest BCUT2D eigenvalue weighted by Gasteiger charge is 2.20. The molecule has 0 aliphatic heterocycles. The molecule has 0 fully saturated rings. The lowest BCUT2D eigenvalue weighted by Crippen LogP contribution is -2.41. The van der Waals surface area contributed by atoms with Crippen LogP contribution in [0.5, 0.6) is 0 Å². The van der Waals surface area contributed by atoms with E-state index in [9.17, 15) is 0 Å². The van der Waals surface area contributed by atoms with Crippen molar-refractivity contribution in [2.24, 2.45) is 0 Å². The molecule has 0 spiro atoms. The normalized spacial score (nSPS) is 11.5. The lowest BCUT2D eigenvalue weighted by Gasteiger charge is -2.30. The molecule has 0 aromatic heterocycles. The van der Waals surface area contributed by atoms with E-state index in [0.29, 0.717) is 0 Å². The number of unbranched alkanes of at least 4 members (excludes halogenated alkanes) is 7. The number of hydrogen-bond donors (Lipinski definition) is 0. The fourth-order valence-corrected chi connectivity index (χ4v) is 3.50. The monoisotopic (exact) mass is 329 g/mol. The van der Waals surface area contributed by atoms with Crippen LogP contribution in [0.1, 0.15) is 58.3 Å². The molecule has 2 rings (SSSR count). The highest BCUT2D eigenvalue weighted by Crippen LogP contribution is 2.29. The summed E-state index contributed by atoms with van der Waals surface area (Å²) in [4.78, 5) is 0. The molecule has 0 unspecified atom stereocenters. The molecular weight excluding hydrogens is 294 g/mol. The van der Waals surface area contributed by atoms with Crippen LogP contribution in [0.2, 0.25) is 0 Å². The van der Waals surface area contributed by atoms with E-state index in [4.69, 9.17) is 0 Å². The SMILES string of the molecule is CCCCCCCCCC[N+](C)(C)c1cccc2ccccc12.[OH-]. The maximum Gasteiger partial charge on any atom is 0.140 e. The minimum Gasteiger partial charge on any atom is -0.870 e. The van der Waals surface area contributed by atoms with Gasteiger partial charge in [0.1, 0.15) is 5.69 Å². The van der Waals surface area contributed by atoms with E-state index in [1.165, 1.54) is 74.4 Å². The Labute approximate surface area is 148 Å². The molecule has 0 radical (unpaired) electrons. The van der Waals surface area contributed by atoms with Crippen LogP contribution in [0.3, 0.4) is 0 Å². The first-order chi connectivity index (χ1) is 11.1. The summed E-state index contributed by atoms with van der Waals surface area (Å²) < 4.78 is 0.983. The summed E-state index contributed by atoms with van der Waals surface area (Å²) in [6.45, 7) is 3.51. The molecule has 0 amide bonds. The zero-order valence-electron chi connectivity index (χ0n) is 15.8. The highest BCUT2D eigenvalue weighted by molar-refractivity contribution is 5.93. The Morgan fingerprint density at radius 2 is 1.29 bits per heavy atom. The molecule has 0 bridgehead atoms. The second kappa shape index (κ2) is 10.5. The van der Waals surface area contributed by atoms with Crippen LogP contribution in [0.4, 0.5) is 5.69 Å². The van der Waals surface area contributed by atoms with E-state index in [0.717, 1.165) is 4.48 Å². The Hall–Kier alpha value is -1.38. The first kappa shape index (κ1) is 20.7. The number of benzene rings is 2. The van der Waals surface area contributed by atoms with Crippen LogP contribution >= 0.6 is 0 Å². The van der Waals surface area contributed by atoms with Gasteiger partial charge in [0, 0.05) is 5.39 Å². The molecular formula is C22H35NO. The molecule has 0 saturated heterocycles. The Bertz CT molecular complexity index is 586. The van der Waals surface area contributed by atoms with Gasteiger partial charge < -0.3 is 5.48 Å². The summed E-state index contributed by atoms with van der Waals surface area (Å²) in [5, 5.41) is 2.76. The van der Waals surface area contributed by atoms with Gasteiger partial charge in [0.05, 0.1) is 20.6 Å². The molecule has 24 heavy (non-hydrogen) atoms. The van der Waals surface area contributed by atoms with Crippen molar-refractivity contribution in [2.75, 3.05) is 20.6 Å². The average molecular weight is 330 g/mol. The first-order valence-corrected chi connectivity index (χ1v) is 9.46. The van der Waals surface area contributed by atoms with Crippen molar-refractivity contribution in [1.29, 1.82) is 0 Å². The maximum atomic E-state index is 2.35. The first-order valence-electron chi connectivity index (χ1n) is 9.46. The number of fused-ring (bicyclic) bond motifs is 1. The zero-order chi connectivity index (χ0) is 16.5. The van der Waals surface area contributed by atoms with E-state index >= 15 is 0 Å². The van der Waals surface area contributed by atoms with Crippen LogP contribution < -0.4 is 4.48 Å². The molecule has 0 aliphatic carbocycles. The Morgan fingerprint density at radius 3 is 2.00 bits per heavy atom. The van der Waals surface area contributed by atoms with Crippen LogP contribution in [0, 0.1) is 0 Å². The summed E-state index contributed by atoms with van der Waals surface area (Å²) in [5.74, 6) is 0. The Morgan fingerprint density at radius 1 is 0.708 bits per heavy atom. The summed E-state index contributed by atoms with van der Waals surface area (Å²) >= 11 is 0. The average Bonchev–Trinajstić information content (AvgIpc) is 2.56. The Kier molecular flexibility index (Phi) is 9.02. The van der Waals surface area contributed by atoms with Gasteiger partial charge in [0.15, 0.2) is 0 Å². The van der Waals surface area contributed by atoms with E-state index in [2.05, 4.69) is 63.5 Å².